The quantitative estimate of drug-likeness (QED) is 0.176. The second kappa shape index (κ2) is 64.6. The van der Waals surface area contributed by atoms with Gasteiger partial charge < -0.3 is 9.47 Å². The van der Waals surface area contributed by atoms with Crippen molar-refractivity contribution in [2.75, 3.05) is 6.79 Å². The van der Waals surface area contributed by atoms with E-state index in [0.717, 1.165) is 70.7 Å². The maximum absolute atomic E-state index is 5.08. The highest BCUT2D eigenvalue weighted by atomic mass is 16.7. The molecule has 3 nitrogen and oxygen atoms in total. The molecule has 84 heavy (non-hydrogen) atoms. The molecule has 486 valence electrons. The van der Waals surface area contributed by atoms with Gasteiger partial charge in [0.25, 0.3) is 0 Å². The first-order valence-electron chi connectivity index (χ1n) is 34.8. The van der Waals surface area contributed by atoms with Crippen LogP contribution in [-0.4, -0.2) is 11.8 Å². The number of ether oxygens (including phenoxy) is 2. The second-order valence-corrected chi connectivity index (χ2v) is 23.0. The van der Waals surface area contributed by atoms with Crippen LogP contribution in [-0.2, 0) is 12.8 Å². The lowest BCUT2D eigenvalue weighted by atomic mass is 9.77. The molecule has 4 aromatic carbocycles. The fraction of sp³-hybridized carbons (Fsp3) is 0.642. The molecule has 5 aliphatic rings. The van der Waals surface area contributed by atoms with Crippen LogP contribution in [0.2, 0.25) is 0 Å². The van der Waals surface area contributed by atoms with Gasteiger partial charge in [-0.3, -0.25) is 4.98 Å². The first-order valence-corrected chi connectivity index (χ1v) is 34.8. The van der Waals surface area contributed by atoms with E-state index < -0.39 is 0 Å². The van der Waals surface area contributed by atoms with Crippen molar-refractivity contribution >= 4 is 0 Å². The highest BCUT2D eigenvalue weighted by Gasteiger charge is 2.25. The minimum absolute atomic E-state index is 0.360. The van der Waals surface area contributed by atoms with Crippen molar-refractivity contribution in [2.45, 2.75) is 290 Å². The number of aryl methyl sites for hydroxylation is 2. The smallest absolute Gasteiger partial charge is 0.231 e. The van der Waals surface area contributed by atoms with Crippen molar-refractivity contribution in [1.29, 1.82) is 0 Å². The van der Waals surface area contributed by atoms with Gasteiger partial charge in [-0.25, -0.2) is 0 Å². The summed E-state index contributed by atoms with van der Waals surface area (Å²) in [5, 5.41) is 0. The number of fused-ring (bicyclic) bond motifs is 3. The highest BCUT2D eigenvalue weighted by molar-refractivity contribution is 5.41. The van der Waals surface area contributed by atoms with E-state index in [4.69, 9.17) is 9.47 Å². The summed E-state index contributed by atoms with van der Waals surface area (Å²) in [5.74, 6) is 11.3. The van der Waals surface area contributed by atoms with E-state index >= 15 is 0 Å². The molecule has 3 heteroatoms. The molecule has 2 unspecified atom stereocenters. The zero-order valence-electron chi connectivity index (χ0n) is 61.6. The van der Waals surface area contributed by atoms with E-state index in [1.54, 1.807) is 34.6 Å². The molecule has 2 saturated carbocycles. The van der Waals surface area contributed by atoms with Crippen LogP contribution in [0, 0.1) is 47.3 Å². The van der Waals surface area contributed by atoms with Crippen LogP contribution in [0.5, 0.6) is 11.5 Å². The molecule has 0 radical (unpaired) electrons. The van der Waals surface area contributed by atoms with Crippen LogP contribution in [0.3, 0.4) is 0 Å². The summed E-state index contributed by atoms with van der Waals surface area (Å²) in [5.41, 5.74) is 7.80. The number of hydrogen-bond donors (Lipinski definition) is 0. The molecule has 0 bridgehead atoms. The van der Waals surface area contributed by atoms with Crippen LogP contribution in [0.15, 0.2) is 134 Å². The Morgan fingerprint density at radius 2 is 0.667 bits per heavy atom. The summed E-state index contributed by atoms with van der Waals surface area (Å²) in [7, 11) is 0. The number of aromatic nitrogens is 1. The Hall–Kier alpha value is -4.37. The van der Waals surface area contributed by atoms with Gasteiger partial charge in [0.2, 0.25) is 6.79 Å². The first-order chi connectivity index (χ1) is 40.4. The fourth-order valence-corrected chi connectivity index (χ4v) is 8.63. The van der Waals surface area contributed by atoms with Crippen LogP contribution in [0.4, 0.5) is 0 Å². The lowest BCUT2D eigenvalue weighted by Crippen LogP contribution is -2.16. The third kappa shape index (κ3) is 48.8. The van der Waals surface area contributed by atoms with Gasteiger partial charge in [-0.1, -0.05) is 324 Å². The predicted octanol–water partition coefficient (Wildman–Crippen LogP) is 27.4. The zero-order chi connectivity index (χ0) is 65.8. The van der Waals surface area contributed by atoms with E-state index in [2.05, 4.69) is 189 Å². The molecule has 0 saturated heterocycles. The second-order valence-electron chi connectivity index (χ2n) is 23.0. The van der Waals surface area contributed by atoms with Crippen molar-refractivity contribution < 1.29 is 9.47 Å². The molecule has 2 fully saturated rings. The molecule has 0 spiro atoms. The molecule has 0 N–H and O–H groups in total. The van der Waals surface area contributed by atoms with E-state index in [1.165, 1.54) is 69.8 Å². The number of nitrogens with zero attached hydrogens (tertiary/aromatic N) is 1. The SMILES string of the molecule is CC.CC.CC.CC.CC.CC.CC.CC(C)C.CC(C)C.CC(C)C1CC1.CC(C)C1CCC1.CC(C)C1CCCc2ccccc21.CC(C)C1CCc2ccccc21.CC(C)c1ccccc1.c1ccc2c(c1)OCO2.c1ccncc1. The highest BCUT2D eigenvalue weighted by Crippen LogP contribution is 2.39. The zero-order valence-corrected chi connectivity index (χ0v) is 61.6. The molecule has 2 heterocycles. The van der Waals surface area contributed by atoms with Gasteiger partial charge in [0.1, 0.15) is 0 Å². The number of benzene rings is 4. The Kier molecular flexibility index (Phi) is 69.9. The molecule has 1 aliphatic heterocycles. The van der Waals surface area contributed by atoms with E-state index in [0.29, 0.717) is 12.7 Å². The van der Waals surface area contributed by atoms with Crippen molar-refractivity contribution in [3.8, 4) is 11.5 Å². The molecule has 10 rings (SSSR count). The minimum atomic E-state index is 0.360. The first kappa shape index (κ1) is 90.8. The van der Waals surface area contributed by atoms with Gasteiger partial charge in [-0.05, 0) is 162 Å². The fourth-order valence-electron chi connectivity index (χ4n) is 8.63. The van der Waals surface area contributed by atoms with Gasteiger partial charge in [0, 0.05) is 12.4 Å². The Labute approximate surface area is 528 Å². The van der Waals surface area contributed by atoms with Crippen LogP contribution in [0.25, 0.3) is 0 Å². The maximum Gasteiger partial charge on any atom is 0.231 e. The van der Waals surface area contributed by atoms with Gasteiger partial charge >= 0.3 is 0 Å². The Balaban J connectivity index is -0.000000202. The number of para-hydroxylation sites is 2. The largest absolute Gasteiger partial charge is 0.454 e. The topological polar surface area (TPSA) is 31.4 Å². The Bertz CT molecular complexity index is 1930. The summed E-state index contributed by atoms with van der Waals surface area (Å²) in [6, 6.07) is 41.7. The lowest BCUT2D eigenvalue weighted by molar-refractivity contribution is 0.174. The standard InChI is InChI=1S/C13H18.C12H16.C9H12.C7H6O2.C7H14.C6H12.C5H5N.2C4H10.7C2H6/c1-10(2)12-9-5-7-11-6-3-4-8-13(11)12;1-9(2)11-8-7-10-5-3-4-6-12(10)11;1-8(2)9-6-4-3-5-7-9;1-2-4-7-6(3-1)8-5-9-7;1-6(2)7-4-3-5-7;1-5(2)6-3-4-6;1-2-4-6-5-3-1;2*1-4(2)3;7*1-2/h3-4,6,8,10,12H,5,7,9H2,1-2H3;3-6,9,11H,7-8H2,1-2H3;3-8H,1-2H3;1-4H,5H2;6-7H,3-5H2,1-2H3;5-6H,3-4H2,1-2H3;1-5H;2*4H,1-3H3;7*1-2H3. The van der Waals surface area contributed by atoms with Gasteiger partial charge in [0.15, 0.2) is 11.5 Å². The molecule has 5 aromatic rings. The van der Waals surface area contributed by atoms with Gasteiger partial charge in [-0.2, -0.15) is 0 Å². The minimum Gasteiger partial charge on any atom is -0.454 e. The third-order valence-electron chi connectivity index (χ3n) is 13.2. The number of rotatable bonds is 5. The Morgan fingerprint density at radius 1 is 0.333 bits per heavy atom. The van der Waals surface area contributed by atoms with E-state index in [-0.39, 0.29) is 0 Å². The van der Waals surface area contributed by atoms with Crippen molar-refractivity contribution in [3.63, 3.8) is 0 Å². The van der Waals surface area contributed by atoms with Crippen LogP contribution >= 0.6 is 0 Å². The molecule has 2 atom stereocenters. The average molecular weight is 1170 g/mol. The molecular weight excluding hydrogens is 1020 g/mol. The van der Waals surface area contributed by atoms with Crippen molar-refractivity contribution in [2.24, 2.45) is 47.3 Å². The normalized spacial score (nSPS) is 14.4. The predicted molar refractivity (Wildman–Crippen MR) is 387 cm³/mol. The molecule has 4 aliphatic carbocycles. The molecular formula is C81H145NO2. The third-order valence-corrected chi connectivity index (χ3v) is 13.2. The van der Waals surface area contributed by atoms with Crippen molar-refractivity contribution in [1.82, 2.24) is 4.98 Å². The van der Waals surface area contributed by atoms with Crippen molar-refractivity contribution in [3.05, 3.63) is 162 Å². The van der Waals surface area contributed by atoms with Crippen LogP contribution < -0.4 is 9.47 Å². The summed E-state index contributed by atoms with van der Waals surface area (Å²) in [6.07, 6.45) is 17.7. The number of hydrogen-bond acceptors (Lipinski definition) is 3. The average Bonchev–Trinajstić information content (AvgIpc) is 4.22. The van der Waals surface area contributed by atoms with Gasteiger partial charge in [-0.15, -0.1) is 0 Å². The summed E-state index contributed by atoms with van der Waals surface area (Å²) in [4.78, 5) is 3.78. The van der Waals surface area contributed by atoms with E-state index in [1.807, 2.05) is 145 Å². The molecule has 0 amide bonds. The summed E-state index contributed by atoms with van der Waals surface area (Å²) in [6.45, 7) is 64.4. The van der Waals surface area contributed by atoms with Gasteiger partial charge in [0.05, 0.1) is 0 Å². The molecule has 1 aromatic heterocycles. The monoisotopic (exact) mass is 1160 g/mol. The van der Waals surface area contributed by atoms with Crippen LogP contribution in [0.1, 0.15) is 305 Å². The van der Waals surface area contributed by atoms with E-state index in [9.17, 15) is 0 Å². The lowest BCUT2D eigenvalue weighted by Gasteiger charge is -2.28. The Morgan fingerprint density at radius 3 is 0.940 bits per heavy atom. The maximum atomic E-state index is 5.08. The summed E-state index contributed by atoms with van der Waals surface area (Å²) < 4.78 is 10.2. The number of pyridine rings is 1. The summed E-state index contributed by atoms with van der Waals surface area (Å²) >= 11 is 0.